The lowest BCUT2D eigenvalue weighted by Crippen LogP contribution is -2.50. The van der Waals surface area contributed by atoms with Crippen LogP contribution in [0.3, 0.4) is 0 Å². The van der Waals surface area contributed by atoms with E-state index in [1.165, 1.54) is 11.2 Å². The minimum Gasteiger partial charge on any atom is -0.459 e. The van der Waals surface area contributed by atoms with Gasteiger partial charge < -0.3 is 14.1 Å². The van der Waals surface area contributed by atoms with Gasteiger partial charge in [0.2, 0.25) is 0 Å². The maximum Gasteiger partial charge on any atom is 0.334 e. The normalized spacial score (nSPS) is 15.9. The van der Waals surface area contributed by atoms with Gasteiger partial charge in [0.25, 0.3) is 5.91 Å². The Labute approximate surface area is 161 Å². The number of amides is 1. The van der Waals surface area contributed by atoms with E-state index in [0.717, 1.165) is 11.1 Å². The number of furan rings is 1. The Kier molecular flexibility index (Phi) is 4.69. The van der Waals surface area contributed by atoms with E-state index in [1.54, 1.807) is 36.4 Å². The lowest BCUT2D eigenvalue weighted by molar-refractivity contribution is -0.140. The quantitative estimate of drug-likeness (QED) is 0.506. The molecule has 0 aliphatic carbocycles. The Morgan fingerprint density at radius 1 is 1.00 bits per heavy atom. The number of benzene rings is 2. The molecule has 0 fully saturated rings. The van der Waals surface area contributed by atoms with Gasteiger partial charge in [0.15, 0.2) is 5.76 Å². The Hall–Kier alpha value is -3.05. The summed E-state index contributed by atoms with van der Waals surface area (Å²) in [6, 6.07) is 16.9. The first-order valence-corrected chi connectivity index (χ1v) is 8.89. The number of hydrogen-bond donors (Lipinski definition) is 0. The monoisotopic (exact) mass is 381 g/mol. The van der Waals surface area contributed by atoms with Gasteiger partial charge in [-0.25, -0.2) is 4.79 Å². The van der Waals surface area contributed by atoms with Crippen LogP contribution in [0.2, 0.25) is 5.02 Å². The zero-order chi connectivity index (χ0) is 18.8. The average molecular weight is 382 g/mol. The Morgan fingerprint density at radius 3 is 2.48 bits per heavy atom. The SMILES string of the molecule is O=C(Oc1ccccc1Cl)C1Cc2ccccc2CN1C(=O)c1ccco1. The van der Waals surface area contributed by atoms with Crippen LogP contribution in [0.15, 0.2) is 71.3 Å². The third-order valence-electron chi connectivity index (χ3n) is 4.56. The molecule has 1 aromatic heterocycles. The van der Waals surface area contributed by atoms with Crippen LogP contribution < -0.4 is 4.74 Å². The van der Waals surface area contributed by atoms with E-state index in [4.69, 9.17) is 20.8 Å². The lowest BCUT2D eigenvalue weighted by Gasteiger charge is -2.34. The van der Waals surface area contributed by atoms with Crippen molar-refractivity contribution in [3.8, 4) is 5.75 Å². The van der Waals surface area contributed by atoms with Gasteiger partial charge in [-0.2, -0.15) is 0 Å². The van der Waals surface area contributed by atoms with Crippen LogP contribution in [0, 0.1) is 0 Å². The van der Waals surface area contributed by atoms with Crippen molar-refractivity contribution >= 4 is 23.5 Å². The number of carbonyl (C=O) groups excluding carboxylic acids is 2. The van der Waals surface area contributed by atoms with Crippen molar-refractivity contribution in [2.45, 2.75) is 19.0 Å². The third-order valence-corrected chi connectivity index (χ3v) is 4.87. The van der Waals surface area contributed by atoms with Crippen molar-refractivity contribution in [3.63, 3.8) is 0 Å². The molecule has 0 radical (unpaired) electrons. The third kappa shape index (κ3) is 3.46. The number of hydrogen-bond acceptors (Lipinski definition) is 4. The van der Waals surface area contributed by atoms with Crippen molar-refractivity contribution in [3.05, 3.63) is 88.8 Å². The van der Waals surface area contributed by atoms with Gasteiger partial charge in [0.05, 0.1) is 11.3 Å². The molecule has 0 saturated carbocycles. The number of carbonyl (C=O) groups is 2. The molecule has 0 N–H and O–H groups in total. The van der Waals surface area contributed by atoms with E-state index in [1.807, 2.05) is 24.3 Å². The smallest absolute Gasteiger partial charge is 0.334 e. The van der Waals surface area contributed by atoms with Crippen LogP contribution in [0.5, 0.6) is 5.75 Å². The molecule has 6 heteroatoms. The van der Waals surface area contributed by atoms with Crippen LogP contribution in [-0.4, -0.2) is 22.8 Å². The number of esters is 1. The van der Waals surface area contributed by atoms with Gasteiger partial charge in [-0.3, -0.25) is 4.79 Å². The Bertz CT molecular complexity index is 983. The van der Waals surface area contributed by atoms with E-state index in [2.05, 4.69) is 0 Å². The highest BCUT2D eigenvalue weighted by atomic mass is 35.5. The number of rotatable bonds is 3. The summed E-state index contributed by atoms with van der Waals surface area (Å²) >= 11 is 6.10. The topological polar surface area (TPSA) is 59.8 Å². The Balaban J connectivity index is 1.65. The van der Waals surface area contributed by atoms with Crippen molar-refractivity contribution < 1.29 is 18.7 Å². The molecule has 1 amide bonds. The molecule has 1 aliphatic heterocycles. The van der Waals surface area contributed by atoms with Crippen LogP contribution in [0.25, 0.3) is 0 Å². The predicted octanol–water partition coefficient (Wildman–Crippen LogP) is 4.11. The molecule has 0 saturated heterocycles. The molecule has 0 bridgehead atoms. The number of ether oxygens (including phenoxy) is 1. The average Bonchev–Trinajstić information content (AvgIpc) is 3.23. The van der Waals surface area contributed by atoms with Gasteiger partial charge in [0, 0.05) is 13.0 Å². The van der Waals surface area contributed by atoms with Gasteiger partial charge >= 0.3 is 5.97 Å². The standard InChI is InChI=1S/C21H16ClNO4/c22-16-8-3-4-9-18(16)27-21(25)17-12-14-6-1-2-7-15(14)13-23(17)20(24)19-10-5-11-26-19/h1-11,17H,12-13H2. The van der Waals surface area contributed by atoms with Crippen molar-refractivity contribution in [1.29, 1.82) is 0 Å². The first-order valence-electron chi connectivity index (χ1n) is 8.51. The number of nitrogens with zero attached hydrogens (tertiary/aromatic N) is 1. The lowest BCUT2D eigenvalue weighted by atomic mass is 9.93. The molecule has 2 aromatic carbocycles. The summed E-state index contributed by atoms with van der Waals surface area (Å²) < 4.78 is 10.7. The summed E-state index contributed by atoms with van der Waals surface area (Å²) in [5, 5.41) is 0.339. The molecule has 1 aliphatic rings. The van der Waals surface area contributed by atoms with Gasteiger partial charge in [-0.15, -0.1) is 0 Å². The maximum atomic E-state index is 12.9. The second kappa shape index (κ2) is 7.29. The highest BCUT2D eigenvalue weighted by Gasteiger charge is 2.37. The second-order valence-corrected chi connectivity index (χ2v) is 6.66. The molecule has 0 spiro atoms. The first kappa shape index (κ1) is 17.4. The molecule has 5 nitrogen and oxygen atoms in total. The van der Waals surface area contributed by atoms with E-state index >= 15 is 0 Å². The molecule has 1 atom stereocenters. The summed E-state index contributed by atoms with van der Waals surface area (Å²) in [6.07, 6.45) is 1.80. The second-order valence-electron chi connectivity index (χ2n) is 6.25. The summed E-state index contributed by atoms with van der Waals surface area (Å²) in [5.41, 5.74) is 2.02. The maximum absolute atomic E-state index is 12.9. The Morgan fingerprint density at radius 2 is 1.74 bits per heavy atom. The van der Waals surface area contributed by atoms with Crippen molar-refractivity contribution in [2.75, 3.05) is 0 Å². The van der Waals surface area contributed by atoms with Crippen LogP contribution >= 0.6 is 11.6 Å². The molecular weight excluding hydrogens is 366 g/mol. The predicted molar refractivity (Wildman–Crippen MR) is 99.6 cm³/mol. The highest BCUT2D eigenvalue weighted by Crippen LogP contribution is 2.28. The minimum atomic E-state index is -0.770. The molecule has 27 heavy (non-hydrogen) atoms. The molecule has 2 heterocycles. The highest BCUT2D eigenvalue weighted by molar-refractivity contribution is 6.32. The van der Waals surface area contributed by atoms with Gasteiger partial charge in [-0.05, 0) is 35.4 Å². The molecule has 3 aromatic rings. The van der Waals surface area contributed by atoms with E-state index < -0.39 is 12.0 Å². The molecular formula is C21H16ClNO4. The number of fused-ring (bicyclic) bond motifs is 1. The van der Waals surface area contributed by atoms with Crippen LogP contribution in [-0.2, 0) is 17.8 Å². The van der Waals surface area contributed by atoms with Crippen molar-refractivity contribution in [1.82, 2.24) is 4.90 Å². The molecule has 1 unspecified atom stereocenters. The molecule has 136 valence electrons. The number of para-hydroxylation sites is 1. The largest absolute Gasteiger partial charge is 0.459 e. The fraction of sp³-hybridized carbons (Fsp3) is 0.143. The van der Waals surface area contributed by atoms with E-state index in [0.29, 0.717) is 18.0 Å². The van der Waals surface area contributed by atoms with Crippen LogP contribution in [0.4, 0.5) is 0 Å². The minimum absolute atomic E-state index is 0.185. The number of halogens is 1. The first-order chi connectivity index (χ1) is 13.1. The summed E-state index contributed by atoms with van der Waals surface area (Å²) in [6.45, 7) is 0.304. The van der Waals surface area contributed by atoms with Crippen LogP contribution in [0.1, 0.15) is 21.7 Å². The summed E-state index contributed by atoms with van der Waals surface area (Å²) in [4.78, 5) is 27.3. The van der Waals surface area contributed by atoms with E-state index in [9.17, 15) is 9.59 Å². The van der Waals surface area contributed by atoms with E-state index in [-0.39, 0.29) is 17.4 Å². The summed E-state index contributed by atoms with van der Waals surface area (Å²) in [5.74, 6) is -0.425. The fourth-order valence-electron chi connectivity index (χ4n) is 3.19. The fourth-order valence-corrected chi connectivity index (χ4v) is 3.37. The van der Waals surface area contributed by atoms with Crippen molar-refractivity contribution in [2.24, 2.45) is 0 Å². The molecule has 4 rings (SSSR count). The van der Waals surface area contributed by atoms with Gasteiger partial charge in [0.1, 0.15) is 11.8 Å². The zero-order valence-electron chi connectivity index (χ0n) is 14.3. The van der Waals surface area contributed by atoms with Gasteiger partial charge in [-0.1, -0.05) is 48.0 Å². The zero-order valence-corrected chi connectivity index (χ0v) is 15.1. The summed E-state index contributed by atoms with van der Waals surface area (Å²) in [7, 11) is 0.